The Morgan fingerprint density at radius 3 is 2.87 bits per heavy atom. The Hall–Kier alpha value is -0.990. The summed E-state index contributed by atoms with van der Waals surface area (Å²) in [5.41, 5.74) is 1.50. The molecule has 0 spiro atoms. The maximum Gasteiger partial charge on any atom is 0.203 e. The second kappa shape index (κ2) is 3.54. The Labute approximate surface area is 91.9 Å². The van der Waals surface area contributed by atoms with E-state index in [1.165, 1.54) is 12.1 Å². The number of nitrogens with zero attached hydrogens (tertiary/aromatic N) is 2. The molecule has 1 N–H and O–H groups in total. The van der Waals surface area contributed by atoms with Crippen molar-refractivity contribution in [1.29, 1.82) is 0 Å². The van der Waals surface area contributed by atoms with Gasteiger partial charge in [0, 0.05) is 18.8 Å². The first kappa shape index (κ1) is 10.5. The summed E-state index contributed by atoms with van der Waals surface area (Å²) in [7, 11) is 0. The first-order valence-corrected chi connectivity index (χ1v) is 5.84. The number of hydrogen-bond donors (Lipinski definition) is 1. The van der Waals surface area contributed by atoms with Gasteiger partial charge >= 0.3 is 0 Å². The predicted molar refractivity (Wildman–Crippen MR) is 63.2 cm³/mol. The van der Waals surface area contributed by atoms with Gasteiger partial charge in [0.2, 0.25) is 5.95 Å². The second-order valence-corrected chi connectivity index (χ2v) is 5.41. The first-order chi connectivity index (χ1) is 7.02. The molecule has 2 rings (SSSR count). The van der Waals surface area contributed by atoms with Gasteiger partial charge in [-0.05, 0) is 18.3 Å². The van der Waals surface area contributed by atoms with Gasteiger partial charge in [0.15, 0.2) is 0 Å². The van der Waals surface area contributed by atoms with Crippen LogP contribution in [0.15, 0.2) is 6.20 Å². The van der Waals surface area contributed by atoms with Gasteiger partial charge in [-0.1, -0.05) is 27.7 Å². The summed E-state index contributed by atoms with van der Waals surface area (Å²) in [5, 5.41) is 3.37. The lowest BCUT2D eigenvalue weighted by Gasteiger charge is -2.36. The molecule has 0 amide bonds. The molecular weight excluding hydrogens is 186 g/mol. The van der Waals surface area contributed by atoms with Gasteiger partial charge in [-0.3, -0.25) is 0 Å². The van der Waals surface area contributed by atoms with E-state index in [1.54, 1.807) is 0 Å². The Bertz CT molecular complexity index is 346. The van der Waals surface area contributed by atoms with Crippen molar-refractivity contribution in [1.82, 2.24) is 9.55 Å². The van der Waals surface area contributed by atoms with Crippen molar-refractivity contribution in [2.24, 2.45) is 5.41 Å². The highest BCUT2D eigenvalue weighted by Crippen LogP contribution is 2.37. The van der Waals surface area contributed by atoms with E-state index < -0.39 is 0 Å². The molecule has 0 aromatic carbocycles. The third-order valence-electron chi connectivity index (χ3n) is 3.18. The molecule has 1 aromatic heterocycles. The number of nitrogens with one attached hydrogen (secondary N) is 1. The quantitative estimate of drug-likeness (QED) is 0.767. The van der Waals surface area contributed by atoms with Crippen molar-refractivity contribution in [2.45, 2.75) is 46.6 Å². The fourth-order valence-electron chi connectivity index (χ4n) is 2.29. The van der Waals surface area contributed by atoms with Gasteiger partial charge in [0.05, 0.1) is 5.69 Å². The Morgan fingerprint density at radius 1 is 1.53 bits per heavy atom. The Balaban J connectivity index is 2.37. The predicted octanol–water partition coefficient (Wildman–Crippen LogP) is 2.85. The molecule has 3 nitrogen and oxygen atoms in total. The Morgan fingerprint density at radius 2 is 2.27 bits per heavy atom. The van der Waals surface area contributed by atoms with Gasteiger partial charge in [0.25, 0.3) is 0 Å². The van der Waals surface area contributed by atoms with Crippen LogP contribution < -0.4 is 5.32 Å². The van der Waals surface area contributed by atoms with Crippen molar-refractivity contribution in [2.75, 3.05) is 11.9 Å². The number of rotatable bonds is 1. The van der Waals surface area contributed by atoms with E-state index >= 15 is 0 Å². The highest BCUT2D eigenvalue weighted by Gasteiger charge is 2.30. The molecule has 1 aliphatic rings. The zero-order chi connectivity index (χ0) is 11.1. The third-order valence-corrected chi connectivity index (χ3v) is 3.18. The van der Waals surface area contributed by atoms with E-state index in [-0.39, 0.29) is 0 Å². The number of anilines is 1. The summed E-state index contributed by atoms with van der Waals surface area (Å²) < 4.78 is 2.32. The van der Waals surface area contributed by atoms with Crippen LogP contribution in [0.1, 0.15) is 45.9 Å². The average Bonchev–Trinajstić information content (AvgIpc) is 2.57. The van der Waals surface area contributed by atoms with Crippen LogP contribution in [0, 0.1) is 5.41 Å². The average molecular weight is 207 g/mol. The van der Waals surface area contributed by atoms with Crippen molar-refractivity contribution in [3.05, 3.63) is 11.9 Å². The second-order valence-electron chi connectivity index (χ2n) is 5.41. The van der Waals surface area contributed by atoms with E-state index in [4.69, 9.17) is 0 Å². The summed E-state index contributed by atoms with van der Waals surface area (Å²) in [4.78, 5) is 4.58. The molecule has 1 atom stereocenters. The number of aromatic nitrogens is 2. The van der Waals surface area contributed by atoms with E-state index in [0.717, 1.165) is 18.9 Å². The van der Waals surface area contributed by atoms with E-state index in [0.29, 0.717) is 11.5 Å². The number of imidazole rings is 1. The Kier molecular flexibility index (Phi) is 2.49. The number of aryl methyl sites for hydroxylation is 1. The molecule has 1 aromatic rings. The molecule has 0 aliphatic carbocycles. The smallest absolute Gasteiger partial charge is 0.203 e. The maximum absolute atomic E-state index is 4.58. The van der Waals surface area contributed by atoms with Crippen LogP contribution in [0.5, 0.6) is 0 Å². The summed E-state index contributed by atoms with van der Waals surface area (Å²) in [6.07, 6.45) is 4.41. The van der Waals surface area contributed by atoms with Crippen LogP contribution in [0.4, 0.5) is 5.95 Å². The monoisotopic (exact) mass is 207 g/mol. The topological polar surface area (TPSA) is 29.9 Å². The van der Waals surface area contributed by atoms with E-state index in [2.05, 4.69) is 48.8 Å². The molecule has 0 saturated carbocycles. The van der Waals surface area contributed by atoms with Crippen LogP contribution in [0.2, 0.25) is 0 Å². The van der Waals surface area contributed by atoms with E-state index in [1.807, 2.05) is 0 Å². The summed E-state index contributed by atoms with van der Waals surface area (Å²) in [6.45, 7) is 10.1. The largest absolute Gasteiger partial charge is 0.356 e. The van der Waals surface area contributed by atoms with Crippen LogP contribution in [0.25, 0.3) is 0 Å². The van der Waals surface area contributed by atoms with Gasteiger partial charge in [-0.25, -0.2) is 4.98 Å². The van der Waals surface area contributed by atoms with Crippen LogP contribution in [-0.2, 0) is 6.42 Å². The fraction of sp³-hybridized carbons (Fsp3) is 0.750. The van der Waals surface area contributed by atoms with Crippen molar-refractivity contribution < 1.29 is 0 Å². The lowest BCUT2D eigenvalue weighted by Crippen LogP contribution is -2.31. The zero-order valence-corrected chi connectivity index (χ0v) is 10.2. The lowest BCUT2D eigenvalue weighted by molar-refractivity contribution is 0.227. The van der Waals surface area contributed by atoms with Crippen molar-refractivity contribution in [3.63, 3.8) is 0 Å². The van der Waals surface area contributed by atoms with Crippen LogP contribution in [0.3, 0.4) is 0 Å². The SMILES string of the molecule is CCc1cn2c(n1)NCCC2C(C)(C)C. The van der Waals surface area contributed by atoms with Gasteiger partial charge < -0.3 is 9.88 Å². The highest BCUT2D eigenvalue weighted by molar-refractivity contribution is 5.32. The molecule has 0 fully saturated rings. The zero-order valence-electron chi connectivity index (χ0n) is 10.2. The van der Waals surface area contributed by atoms with Gasteiger partial charge in [-0.15, -0.1) is 0 Å². The van der Waals surface area contributed by atoms with Crippen LogP contribution >= 0.6 is 0 Å². The summed E-state index contributed by atoms with van der Waals surface area (Å²) in [5.74, 6) is 1.05. The van der Waals surface area contributed by atoms with Crippen molar-refractivity contribution >= 4 is 5.95 Å². The fourth-order valence-corrected chi connectivity index (χ4v) is 2.29. The molecule has 15 heavy (non-hydrogen) atoms. The van der Waals surface area contributed by atoms with E-state index in [9.17, 15) is 0 Å². The van der Waals surface area contributed by atoms with Gasteiger partial charge in [0.1, 0.15) is 0 Å². The number of hydrogen-bond acceptors (Lipinski definition) is 2. The molecule has 84 valence electrons. The number of fused-ring (bicyclic) bond motifs is 1. The molecule has 3 heteroatoms. The summed E-state index contributed by atoms with van der Waals surface area (Å²) >= 11 is 0. The minimum Gasteiger partial charge on any atom is -0.356 e. The lowest BCUT2D eigenvalue weighted by atomic mass is 9.84. The first-order valence-electron chi connectivity index (χ1n) is 5.84. The molecular formula is C12H21N3. The maximum atomic E-state index is 4.58. The normalized spacial score (nSPS) is 20.9. The highest BCUT2D eigenvalue weighted by atomic mass is 15.2. The van der Waals surface area contributed by atoms with Gasteiger partial charge in [-0.2, -0.15) is 0 Å². The molecule has 1 unspecified atom stereocenters. The molecule has 0 bridgehead atoms. The molecule has 0 radical (unpaired) electrons. The third kappa shape index (κ3) is 1.87. The minimum absolute atomic E-state index is 0.308. The molecule has 2 heterocycles. The summed E-state index contributed by atoms with van der Waals surface area (Å²) in [6, 6.07) is 0.571. The molecule has 1 aliphatic heterocycles. The minimum atomic E-state index is 0.308. The molecule has 0 saturated heterocycles. The van der Waals surface area contributed by atoms with Crippen LogP contribution in [-0.4, -0.2) is 16.1 Å². The van der Waals surface area contributed by atoms with Crippen molar-refractivity contribution in [3.8, 4) is 0 Å². The standard InChI is InChI=1S/C12H21N3/c1-5-9-8-15-10(12(2,3)4)6-7-13-11(15)14-9/h8,10H,5-7H2,1-4H3,(H,13,14).